The van der Waals surface area contributed by atoms with Gasteiger partial charge in [-0.1, -0.05) is 6.42 Å². The van der Waals surface area contributed by atoms with E-state index in [0.717, 1.165) is 37.1 Å². The third-order valence-corrected chi connectivity index (χ3v) is 4.68. The monoisotopic (exact) mass is 272 g/mol. The van der Waals surface area contributed by atoms with Gasteiger partial charge in [0.25, 0.3) is 0 Å². The Kier molecular flexibility index (Phi) is 4.36. The highest BCUT2D eigenvalue weighted by Crippen LogP contribution is 2.09. The number of aromatic nitrogens is 2. The second kappa shape index (κ2) is 5.81. The Morgan fingerprint density at radius 2 is 2.33 bits per heavy atom. The summed E-state index contributed by atoms with van der Waals surface area (Å²) in [4.78, 5) is 0. The molecule has 1 unspecified atom stereocenters. The Morgan fingerprint density at radius 3 is 2.94 bits per heavy atom. The fourth-order valence-corrected chi connectivity index (χ4v) is 3.44. The molecule has 7 heteroatoms. The van der Waals surface area contributed by atoms with E-state index in [1.807, 2.05) is 6.92 Å². The fraction of sp³-hybridized carbons (Fsp3) is 0.727. The summed E-state index contributed by atoms with van der Waals surface area (Å²) in [5, 5.41) is 9.90. The standard InChI is InChI=1S/C11H20N4O2S/c1-9-10(6-13-15-9)7-14-18(16,17)8-11-4-2-3-5-12-11/h6,11-12,14H,2-5,7-8H2,1H3,(H,13,15). The average molecular weight is 272 g/mol. The molecule has 6 nitrogen and oxygen atoms in total. The highest BCUT2D eigenvalue weighted by molar-refractivity contribution is 7.89. The van der Waals surface area contributed by atoms with Crippen LogP contribution in [0.5, 0.6) is 0 Å². The molecule has 1 atom stereocenters. The fourth-order valence-electron chi connectivity index (χ4n) is 2.13. The van der Waals surface area contributed by atoms with E-state index in [1.54, 1.807) is 6.20 Å². The first-order valence-corrected chi connectivity index (χ1v) is 7.91. The quantitative estimate of drug-likeness (QED) is 0.718. The third kappa shape index (κ3) is 3.79. The zero-order chi connectivity index (χ0) is 13.0. The van der Waals surface area contributed by atoms with Crippen LogP contribution < -0.4 is 10.0 Å². The minimum absolute atomic E-state index is 0.0849. The van der Waals surface area contributed by atoms with Gasteiger partial charge in [0.2, 0.25) is 10.0 Å². The van der Waals surface area contributed by atoms with Crippen molar-refractivity contribution in [3.05, 3.63) is 17.5 Å². The summed E-state index contributed by atoms with van der Waals surface area (Å²) in [6.45, 7) is 3.09. The van der Waals surface area contributed by atoms with Crippen molar-refractivity contribution >= 4 is 10.0 Å². The van der Waals surface area contributed by atoms with Gasteiger partial charge in [-0.25, -0.2) is 13.1 Å². The lowest BCUT2D eigenvalue weighted by Crippen LogP contribution is -2.42. The van der Waals surface area contributed by atoms with Crippen molar-refractivity contribution in [2.75, 3.05) is 12.3 Å². The molecular formula is C11H20N4O2S. The number of nitrogens with one attached hydrogen (secondary N) is 3. The van der Waals surface area contributed by atoms with E-state index >= 15 is 0 Å². The summed E-state index contributed by atoms with van der Waals surface area (Å²) >= 11 is 0. The molecule has 2 rings (SSSR count). The molecule has 1 saturated heterocycles. The molecule has 1 aromatic rings. The largest absolute Gasteiger partial charge is 0.313 e. The Labute approximate surface area is 108 Å². The average Bonchev–Trinajstić information content (AvgIpc) is 2.73. The zero-order valence-electron chi connectivity index (χ0n) is 10.6. The number of aryl methyl sites for hydroxylation is 1. The lowest BCUT2D eigenvalue weighted by atomic mass is 10.1. The molecule has 0 radical (unpaired) electrons. The summed E-state index contributed by atoms with van der Waals surface area (Å²) in [7, 11) is -3.23. The molecule has 0 aliphatic carbocycles. The molecule has 1 aliphatic heterocycles. The first kappa shape index (κ1) is 13.5. The maximum Gasteiger partial charge on any atom is 0.213 e. The van der Waals surface area contributed by atoms with Gasteiger partial charge >= 0.3 is 0 Å². The summed E-state index contributed by atoms with van der Waals surface area (Å²) in [6, 6.07) is 0.0849. The van der Waals surface area contributed by atoms with E-state index in [2.05, 4.69) is 20.2 Å². The first-order valence-electron chi connectivity index (χ1n) is 6.26. The molecular weight excluding hydrogens is 252 g/mol. The van der Waals surface area contributed by atoms with E-state index < -0.39 is 10.0 Å². The number of rotatable bonds is 5. The molecule has 0 spiro atoms. The molecule has 1 aromatic heterocycles. The molecule has 18 heavy (non-hydrogen) atoms. The van der Waals surface area contributed by atoms with Crippen LogP contribution in [0.25, 0.3) is 0 Å². The van der Waals surface area contributed by atoms with Crippen LogP contribution in [0.15, 0.2) is 6.20 Å². The van der Waals surface area contributed by atoms with E-state index in [-0.39, 0.29) is 11.8 Å². The van der Waals surface area contributed by atoms with E-state index in [4.69, 9.17) is 0 Å². The predicted molar refractivity (Wildman–Crippen MR) is 69.6 cm³/mol. The van der Waals surface area contributed by atoms with Gasteiger partial charge in [0.05, 0.1) is 11.9 Å². The summed E-state index contributed by atoms with van der Waals surface area (Å²) in [6.07, 6.45) is 4.83. The topological polar surface area (TPSA) is 86.9 Å². The van der Waals surface area contributed by atoms with Crippen molar-refractivity contribution in [1.29, 1.82) is 0 Å². The molecule has 2 heterocycles. The second-order valence-electron chi connectivity index (χ2n) is 4.77. The Balaban J connectivity index is 1.85. The van der Waals surface area contributed by atoms with Crippen molar-refractivity contribution in [3.8, 4) is 0 Å². The number of hydrogen-bond donors (Lipinski definition) is 3. The third-order valence-electron chi connectivity index (χ3n) is 3.25. The van der Waals surface area contributed by atoms with Gasteiger partial charge in [-0.3, -0.25) is 5.10 Å². The van der Waals surface area contributed by atoms with Crippen LogP contribution in [0, 0.1) is 6.92 Å². The van der Waals surface area contributed by atoms with Crippen LogP contribution in [-0.2, 0) is 16.6 Å². The van der Waals surface area contributed by atoms with Crippen LogP contribution >= 0.6 is 0 Å². The van der Waals surface area contributed by atoms with Gasteiger partial charge in [0.15, 0.2) is 0 Å². The summed E-state index contributed by atoms with van der Waals surface area (Å²) < 4.78 is 26.5. The zero-order valence-corrected chi connectivity index (χ0v) is 11.4. The van der Waals surface area contributed by atoms with E-state index in [1.165, 1.54) is 0 Å². The van der Waals surface area contributed by atoms with Crippen molar-refractivity contribution < 1.29 is 8.42 Å². The molecule has 0 aromatic carbocycles. The molecule has 0 amide bonds. The lowest BCUT2D eigenvalue weighted by Gasteiger charge is -2.23. The SMILES string of the molecule is Cc1[nH]ncc1CNS(=O)(=O)CC1CCCCN1. The van der Waals surface area contributed by atoms with Crippen LogP contribution in [0.2, 0.25) is 0 Å². The van der Waals surface area contributed by atoms with Crippen molar-refractivity contribution in [2.24, 2.45) is 0 Å². The molecule has 1 fully saturated rings. The Bertz CT molecular complexity index is 477. The van der Waals surface area contributed by atoms with Crippen LogP contribution in [-0.4, -0.2) is 37.0 Å². The van der Waals surface area contributed by atoms with Gasteiger partial charge < -0.3 is 5.32 Å². The maximum absolute atomic E-state index is 11.9. The van der Waals surface area contributed by atoms with E-state index in [0.29, 0.717) is 6.54 Å². The first-order chi connectivity index (χ1) is 8.57. The minimum atomic E-state index is -3.23. The summed E-state index contributed by atoms with van der Waals surface area (Å²) in [5.41, 5.74) is 1.78. The number of piperidine rings is 1. The van der Waals surface area contributed by atoms with Crippen LogP contribution in [0.3, 0.4) is 0 Å². The highest BCUT2D eigenvalue weighted by Gasteiger charge is 2.20. The van der Waals surface area contributed by atoms with Crippen molar-refractivity contribution in [2.45, 2.75) is 38.8 Å². The maximum atomic E-state index is 11.9. The van der Waals surface area contributed by atoms with E-state index in [9.17, 15) is 8.42 Å². The number of nitrogens with zero attached hydrogens (tertiary/aromatic N) is 1. The van der Waals surface area contributed by atoms with Crippen LogP contribution in [0.1, 0.15) is 30.5 Å². The van der Waals surface area contributed by atoms with Crippen molar-refractivity contribution in [3.63, 3.8) is 0 Å². The minimum Gasteiger partial charge on any atom is -0.313 e. The highest BCUT2D eigenvalue weighted by atomic mass is 32.2. The van der Waals surface area contributed by atoms with Gasteiger partial charge in [-0.2, -0.15) is 5.10 Å². The van der Waals surface area contributed by atoms with Gasteiger partial charge in [-0.05, 0) is 26.3 Å². The number of H-pyrrole nitrogens is 1. The second-order valence-corrected chi connectivity index (χ2v) is 6.62. The Morgan fingerprint density at radius 1 is 1.50 bits per heavy atom. The molecule has 0 bridgehead atoms. The van der Waals surface area contributed by atoms with Crippen LogP contribution in [0.4, 0.5) is 0 Å². The molecule has 0 saturated carbocycles. The van der Waals surface area contributed by atoms with Gasteiger partial charge in [0.1, 0.15) is 0 Å². The molecule has 102 valence electrons. The smallest absolute Gasteiger partial charge is 0.213 e. The molecule has 1 aliphatic rings. The number of sulfonamides is 1. The number of aromatic amines is 1. The lowest BCUT2D eigenvalue weighted by molar-refractivity contribution is 0.422. The summed E-state index contributed by atoms with van der Waals surface area (Å²) in [5.74, 6) is 0.157. The Hall–Kier alpha value is -0.920. The molecule has 3 N–H and O–H groups in total. The number of hydrogen-bond acceptors (Lipinski definition) is 4. The normalized spacial score (nSPS) is 21.1. The van der Waals surface area contributed by atoms with Gasteiger partial charge in [-0.15, -0.1) is 0 Å². The van der Waals surface area contributed by atoms with Gasteiger partial charge in [0, 0.05) is 23.8 Å². The van der Waals surface area contributed by atoms with Crippen molar-refractivity contribution in [1.82, 2.24) is 20.2 Å². The predicted octanol–water partition coefficient (Wildman–Crippen LogP) is 0.280.